The minimum absolute atomic E-state index is 0.00651. The van der Waals surface area contributed by atoms with Crippen molar-refractivity contribution in [1.82, 2.24) is 0 Å². The molecule has 3 rings (SSSR count). The maximum Gasteiger partial charge on any atom is 0.0627 e. The van der Waals surface area contributed by atoms with Gasteiger partial charge in [0.1, 0.15) is 0 Å². The summed E-state index contributed by atoms with van der Waals surface area (Å²) in [6.07, 6.45) is 16.0. The van der Waals surface area contributed by atoms with Crippen molar-refractivity contribution in [2.45, 2.75) is 104 Å². The molecule has 2 N–H and O–H groups in total. The number of aliphatic hydroxyl groups excluding tert-OH is 2. The summed E-state index contributed by atoms with van der Waals surface area (Å²) in [6, 6.07) is 0. The van der Waals surface area contributed by atoms with Crippen molar-refractivity contribution in [3.63, 3.8) is 0 Å². The second kappa shape index (κ2) is 8.82. The average Bonchev–Trinajstić information content (AvgIpc) is 2.99. The van der Waals surface area contributed by atoms with E-state index in [1.807, 2.05) is 6.92 Å². The lowest BCUT2D eigenvalue weighted by atomic mass is 9.60. The summed E-state index contributed by atoms with van der Waals surface area (Å²) in [5.74, 6) is 2.47. The van der Waals surface area contributed by atoms with Gasteiger partial charge in [0.25, 0.3) is 0 Å². The zero-order valence-corrected chi connectivity index (χ0v) is 18.1. The van der Waals surface area contributed by atoms with Crippen molar-refractivity contribution in [3.8, 4) is 0 Å². The third-order valence-electron chi connectivity index (χ3n) is 8.43. The van der Waals surface area contributed by atoms with Gasteiger partial charge in [-0.3, -0.25) is 0 Å². The first-order valence-electron chi connectivity index (χ1n) is 11.6. The smallest absolute Gasteiger partial charge is 0.0627 e. The van der Waals surface area contributed by atoms with E-state index < -0.39 is 12.2 Å². The molecule has 27 heavy (non-hydrogen) atoms. The fraction of sp³-hybridized carbons (Fsp3) is 0.840. The van der Waals surface area contributed by atoms with Gasteiger partial charge in [-0.05, 0) is 68.1 Å². The Morgan fingerprint density at radius 1 is 1.15 bits per heavy atom. The molecule has 0 spiro atoms. The van der Waals surface area contributed by atoms with Gasteiger partial charge in [-0.1, -0.05) is 70.3 Å². The van der Waals surface area contributed by atoms with Crippen molar-refractivity contribution in [2.24, 2.45) is 29.1 Å². The maximum atomic E-state index is 10.2. The largest absolute Gasteiger partial charge is 0.392 e. The lowest BCUT2D eigenvalue weighted by molar-refractivity contribution is 0.00407. The highest BCUT2D eigenvalue weighted by Crippen LogP contribution is 2.59. The molecule has 3 fully saturated rings. The minimum Gasteiger partial charge on any atom is -0.392 e. The quantitative estimate of drug-likeness (QED) is 0.616. The Morgan fingerprint density at radius 3 is 2.52 bits per heavy atom. The van der Waals surface area contributed by atoms with Crippen molar-refractivity contribution in [3.05, 3.63) is 23.3 Å². The molecule has 2 heteroatoms. The van der Waals surface area contributed by atoms with Crippen LogP contribution in [0.4, 0.5) is 0 Å². The van der Waals surface area contributed by atoms with Gasteiger partial charge in [0, 0.05) is 5.92 Å². The molecule has 0 unspecified atom stereocenters. The second-order valence-corrected chi connectivity index (χ2v) is 10.2. The average molecular weight is 375 g/mol. The van der Waals surface area contributed by atoms with Crippen LogP contribution >= 0.6 is 0 Å². The first-order chi connectivity index (χ1) is 12.9. The van der Waals surface area contributed by atoms with Crippen LogP contribution in [-0.4, -0.2) is 22.4 Å². The van der Waals surface area contributed by atoms with Gasteiger partial charge in [-0.15, -0.1) is 0 Å². The van der Waals surface area contributed by atoms with Crippen LogP contribution in [0.3, 0.4) is 0 Å². The Hall–Kier alpha value is -0.600. The third-order valence-corrected chi connectivity index (χ3v) is 8.43. The minimum atomic E-state index is -0.398. The molecular weight excluding hydrogens is 332 g/mol. The van der Waals surface area contributed by atoms with Crippen LogP contribution in [0.2, 0.25) is 0 Å². The van der Waals surface area contributed by atoms with Crippen LogP contribution in [0.25, 0.3) is 0 Å². The summed E-state index contributed by atoms with van der Waals surface area (Å²) in [5, 5.41) is 20.4. The van der Waals surface area contributed by atoms with Crippen LogP contribution in [0.15, 0.2) is 23.3 Å². The van der Waals surface area contributed by atoms with Crippen molar-refractivity contribution in [2.75, 3.05) is 0 Å². The van der Waals surface area contributed by atoms with E-state index in [-0.39, 0.29) is 5.92 Å². The number of fused-ring (bicyclic) bond motifs is 1. The molecule has 0 aliphatic heterocycles. The Labute approximate surface area is 167 Å². The summed E-state index contributed by atoms with van der Waals surface area (Å²) in [7, 11) is 0. The highest BCUT2D eigenvalue weighted by atomic mass is 16.3. The zero-order chi connectivity index (χ0) is 19.6. The fourth-order valence-electron chi connectivity index (χ4n) is 6.55. The number of hydrogen-bond acceptors (Lipinski definition) is 2. The van der Waals surface area contributed by atoms with Crippen LogP contribution in [-0.2, 0) is 0 Å². The first kappa shape index (κ1) is 21.1. The predicted molar refractivity (Wildman–Crippen MR) is 113 cm³/mol. The molecular formula is C25H42O2. The number of unbranched alkanes of at least 4 members (excludes halogenated alkanes) is 1. The van der Waals surface area contributed by atoms with Crippen LogP contribution < -0.4 is 0 Å². The van der Waals surface area contributed by atoms with E-state index in [1.54, 1.807) is 5.57 Å². The van der Waals surface area contributed by atoms with Gasteiger partial charge in [0.05, 0.1) is 12.2 Å². The number of rotatable bonds is 5. The highest BCUT2D eigenvalue weighted by molar-refractivity contribution is 5.26. The topological polar surface area (TPSA) is 40.5 Å². The zero-order valence-electron chi connectivity index (χ0n) is 18.1. The fourth-order valence-corrected chi connectivity index (χ4v) is 6.55. The van der Waals surface area contributed by atoms with Gasteiger partial charge in [0.2, 0.25) is 0 Å². The molecule has 0 radical (unpaired) electrons. The van der Waals surface area contributed by atoms with E-state index in [0.717, 1.165) is 30.6 Å². The van der Waals surface area contributed by atoms with E-state index in [1.165, 1.54) is 56.9 Å². The molecule has 0 amide bonds. The first-order valence-corrected chi connectivity index (χ1v) is 11.6. The molecule has 0 saturated heterocycles. The maximum absolute atomic E-state index is 10.2. The van der Waals surface area contributed by atoms with E-state index in [9.17, 15) is 10.2 Å². The lowest BCUT2D eigenvalue weighted by Gasteiger charge is -2.44. The summed E-state index contributed by atoms with van der Waals surface area (Å²) < 4.78 is 0. The summed E-state index contributed by atoms with van der Waals surface area (Å²) in [5.41, 5.74) is 3.35. The van der Waals surface area contributed by atoms with Gasteiger partial charge >= 0.3 is 0 Å². The van der Waals surface area contributed by atoms with Crippen molar-refractivity contribution >= 4 is 0 Å². The molecule has 0 bridgehead atoms. The Kier molecular flexibility index (Phi) is 6.90. The molecule has 0 aromatic carbocycles. The van der Waals surface area contributed by atoms with Crippen LogP contribution in [0.1, 0.15) is 91.9 Å². The number of aliphatic hydroxyl groups is 2. The van der Waals surface area contributed by atoms with E-state index in [4.69, 9.17) is 0 Å². The Bertz CT molecular complexity index is 549. The van der Waals surface area contributed by atoms with E-state index in [0.29, 0.717) is 5.41 Å². The molecule has 154 valence electrons. The van der Waals surface area contributed by atoms with Gasteiger partial charge < -0.3 is 10.2 Å². The van der Waals surface area contributed by atoms with E-state index >= 15 is 0 Å². The Balaban J connectivity index is 1.73. The van der Waals surface area contributed by atoms with Crippen LogP contribution in [0, 0.1) is 29.1 Å². The summed E-state index contributed by atoms with van der Waals surface area (Å²) in [6.45, 7) is 9.34. The predicted octanol–water partition coefficient (Wildman–Crippen LogP) is 6.03. The summed E-state index contributed by atoms with van der Waals surface area (Å²) in [4.78, 5) is 0. The lowest BCUT2D eigenvalue weighted by Crippen LogP contribution is -2.36. The normalized spacial score (nSPS) is 42.2. The van der Waals surface area contributed by atoms with Gasteiger partial charge in [-0.25, -0.2) is 0 Å². The monoisotopic (exact) mass is 374 g/mol. The Morgan fingerprint density at radius 2 is 1.85 bits per heavy atom. The molecule has 3 aliphatic carbocycles. The van der Waals surface area contributed by atoms with Crippen molar-refractivity contribution < 1.29 is 10.2 Å². The van der Waals surface area contributed by atoms with Gasteiger partial charge in [-0.2, -0.15) is 0 Å². The van der Waals surface area contributed by atoms with Crippen molar-refractivity contribution in [1.29, 1.82) is 0 Å². The second-order valence-electron chi connectivity index (χ2n) is 10.2. The molecule has 3 saturated carbocycles. The third kappa shape index (κ3) is 4.37. The number of allylic oxidation sites excluding steroid dienone is 3. The van der Waals surface area contributed by atoms with Gasteiger partial charge in [0.15, 0.2) is 0 Å². The standard InChI is InChI=1S/C25H42O2/c1-5-6-8-17(2)21-12-13-22-20(9-7-14-25(21,22)4)11-10-19-15-23(26)18(3)24(27)16-19/h10-11,17-18,21-24,26-27H,5-9,12-16H2,1-4H3/b19-10?,20-11+/t17-,18?,21+,22-,23+,24+,25+/m0/s1. The molecule has 0 aromatic heterocycles. The summed E-state index contributed by atoms with van der Waals surface area (Å²) >= 11 is 0. The SMILES string of the molecule is CCCC[C@H](C)[C@H]1CC[C@H]2/C(=C/C=C3C[C@@H](O)C(C)[C@H](O)C3)CCC[C@]12C. The highest BCUT2D eigenvalue weighted by Gasteiger charge is 2.50. The molecule has 6 atom stereocenters. The van der Waals surface area contributed by atoms with E-state index in [2.05, 4.69) is 32.9 Å². The molecule has 0 aromatic rings. The molecule has 3 aliphatic rings. The molecule has 2 nitrogen and oxygen atoms in total. The van der Waals surface area contributed by atoms with Crippen LogP contribution in [0.5, 0.6) is 0 Å². The number of hydrogen-bond donors (Lipinski definition) is 2. The molecule has 0 heterocycles.